The van der Waals surface area contributed by atoms with Crippen molar-refractivity contribution in [2.24, 2.45) is 5.92 Å². The average Bonchev–Trinajstić information content (AvgIpc) is 2.44. The molecule has 0 heterocycles. The van der Waals surface area contributed by atoms with Crippen LogP contribution in [0.5, 0.6) is 5.75 Å². The zero-order valence-corrected chi connectivity index (χ0v) is 11.1. The maximum absolute atomic E-state index is 13.2. The lowest BCUT2D eigenvalue weighted by molar-refractivity contribution is -0.154. The van der Waals surface area contributed by atoms with Gasteiger partial charge in [0, 0.05) is 6.07 Å². The van der Waals surface area contributed by atoms with Crippen molar-refractivity contribution in [3.8, 4) is 5.75 Å². The van der Waals surface area contributed by atoms with Gasteiger partial charge in [0.05, 0.1) is 14.2 Å². The van der Waals surface area contributed by atoms with E-state index in [0.717, 1.165) is 32.4 Å². The lowest BCUT2D eigenvalue weighted by Crippen LogP contribution is -2.27. The van der Waals surface area contributed by atoms with Gasteiger partial charge in [-0.25, -0.2) is 9.18 Å². The normalized spacial score (nSPS) is 11.4. The molecule has 1 atom stereocenters. The fraction of sp³-hybridized carbons (Fsp3) is 0.308. The standard InChI is InChI=1S/C13H13FO6/c1-7(11(15)18-2)12(16)20-10-6-8(14)4-5-9(10)13(17)19-3/h4-7H,1-3H3. The first-order chi connectivity index (χ1) is 9.40. The lowest BCUT2D eigenvalue weighted by atomic mass is 10.1. The number of ether oxygens (including phenoxy) is 3. The van der Waals surface area contributed by atoms with Gasteiger partial charge in [-0.15, -0.1) is 0 Å². The van der Waals surface area contributed by atoms with Crippen LogP contribution in [-0.4, -0.2) is 32.1 Å². The molecule has 7 heteroatoms. The van der Waals surface area contributed by atoms with Gasteiger partial charge >= 0.3 is 17.9 Å². The van der Waals surface area contributed by atoms with Gasteiger partial charge in [0.25, 0.3) is 0 Å². The minimum Gasteiger partial charge on any atom is -0.468 e. The SMILES string of the molecule is COC(=O)c1ccc(F)cc1OC(=O)C(C)C(=O)OC. The summed E-state index contributed by atoms with van der Waals surface area (Å²) in [6.07, 6.45) is 0. The minimum atomic E-state index is -1.20. The second kappa shape index (κ2) is 6.65. The van der Waals surface area contributed by atoms with E-state index in [0.29, 0.717) is 0 Å². The Morgan fingerprint density at radius 2 is 1.75 bits per heavy atom. The second-order valence-corrected chi connectivity index (χ2v) is 3.80. The molecule has 1 aromatic rings. The van der Waals surface area contributed by atoms with Crippen molar-refractivity contribution in [2.45, 2.75) is 6.92 Å². The number of rotatable bonds is 4. The Morgan fingerprint density at radius 3 is 2.30 bits per heavy atom. The first-order valence-electron chi connectivity index (χ1n) is 5.58. The molecule has 0 radical (unpaired) electrons. The Bertz CT molecular complexity index is 540. The molecule has 1 unspecified atom stereocenters. The van der Waals surface area contributed by atoms with Crippen molar-refractivity contribution in [1.82, 2.24) is 0 Å². The van der Waals surface area contributed by atoms with E-state index in [1.165, 1.54) is 6.92 Å². The van der Waals surface area contributed by atoms with E-state index in [9.17, 15) is 18.8 Å². The number of benzene rings is 1. The van der Waals surface area contributed by atoms with E-state index in [4.69, 9.17) is 4.74 Å². The van der Waals surface area contributed by atoms with Gasteiger partial charge in [0.2, 0.25) is 0 Å². The zero-order chi connectivity index (χ0) is 15.3. The van der Waals surface area contributed by atoms with Crippen LogP contribution < -0.4 is 4.74 Å². The van der Waals surface area contributed by atoms with Crippen molar-refractivity contribution in [3.63, 3.8) is 0 Å². The van der Waals surface area contributed by atoms with Crippen LogP contribution in [0, 0.1) is 11.7 Å². The summed E-state index contributed by atoms with van der Waals surface area (Å²) in [5.41, 5.74) is -0.126. The van der Waals surface area contributed by atoms with Crippen LogP contribution in [0.15, 0.2) is 18.2 Å². The Kier molecular flexibility index (Phi) is 5.19. The van der Waals surface area contributed by atoms with Crippen molar-refractivity contribution in [1.29, 1.82) is 0 Å². The summed E-state index contributed by atoms with van der Waals surface area (Å²) in [7, 11) is 2.25. The number of carbonyl (C=O) groups is 3. The van der Waals surface area contributed by atoms with E-state index < -0.39 is 29.6 Å². The number of halogens is 1. The van der Waals surface area contributed by atoms with Crippen LogP contribution in [0.4, 0.5) is 4.39 Å². The topological polar surface area (TPSA) is 78.9 Å². The highest BCUT2D eigenvalue weighted by atomic mass is 19.1. The van der Waals surface area contributed by atoms with E-state index >= 15 is 0 Å². The Morgan fingerprint density at radius 1 is 1.10 bits per heavy atom. The molecule has 6 nitrogen and oxygen atoms in total. The summed E-state index contributed by atoms with van der Waals surface area (Å²) < 4.78 is 26.9. The molecule has 0 amide bonds. The monoisotopic (exact) mass is 284 g/mol. The fourth-order valence-electron chi connectivity index (χ4n) is 1.33. The highest BCUT2D eigenvalue weighted by Crippen LogP contribution is 2.22. The second-order valence-electron chi connectivity index (χ2n) is 3.80. The number of esters is 3. The molecule has 0 spiro atoms. The summed E-state index contributed by atoms with van der Waals surface area (Å²) in [6, 6.07) is 2.99. The predicted molar refractivity (Wildman–Crippen MR) is 64.6 cm³/mol. The molecule has 0 aromatic heterocycles. The minimum absolute atomic E-state index is 0.126. The fourth-order valence-corrected chi connectivity index (χ4v) is 1.33. The molecule has 0 N–H and O–H groups in total. The molecule has 0 bridgehead atoms. The Labute approximate surface area is 114 Å². The maximum atomic E-state index is 13.2. The third kappa shape index (κ3) is 3.53. The zero-order valence-electron chi connectivity index (χ0n) is 11.1. The van der Waals surface area contributed by atoms with Crippen LogP contribution in [-0.2, 0) is 19.1 Å². The summed E-state index contributed by atoms with van der Waals surface area (Å²) in [5, 5.41) is 0. The molecule has 0 fully saturated rings. The van der Waals surface area contributed by atoms with Gasteiger partial charge < -0.3 is 14.2 Å². The van der Waals surface area contributed by atoms with Crippen LogP contribution in [0.3, 0.4) is 0 Å². The van der Waals surface area contributed by atoms with Gasteiger partial charge in [0.1, 0.15) is 17.1 Å². The third-order valence-corrected chi connectivity index (χ3v) is 2.47. The van der Waals surface area contributed by atoms with Crippen molar-refractivity contribution in [3.05, 3.63) is 29.6 Å². The smallest absolute Gasteiger partial charge is 0.341 e. The molecular formula is C13H13FO6. The third-order valence-electron chi connectivity index (χ3n) is 2.47. The first-order valence-corrected chi connectivity index (χ1v) is 5.58. The average molecular weight is 284 g/mol. The molecule has 1 aromatic carbocycles. The summed E-state index contributed by atoms with van der Waals surface area (Å²) in [5.74, 6) is -4.78. The number of hydrogen-bond acceptors (Lipinski definition) is 6. The van der Waals surface area contributed by atoms with E-state index in [-0.39, 0.29) is 11.3 Å². The van der Waals surface area contributed by atoms with Crippen LogP contribution in [0.1, 0.15) is 17.3 Å². The molecular weight excluding hydrogens is 271 g/mol. The van der Waals surface area contributed by atoms with Gasteiger partial charge in [-0.1, -0.05) is 0 Å². The van der Waals surface area contributed by atoms with E-state index in [1.807, 2.05) is 0 Å². The van der Waals surface area contributed by atoms with Crippen LogP contribution in [0.25, 0.3) is 0 Å². The van der Waals surface area contributed by atoms with Crippen molar-refractivity contribution in [2.75, 3.05) is 14.2 Å². The first kappa shape index (κ1) is 15.6. The molecule has 0 aliphatic rings. The van der Waals surface area contributed by atoms with Gasteiger partial charge in [-0.2, -0.15) is 0 Å². The van der Waals surface area contributed by atoms with Crippen LogP contribution >= 0.6 is 0 Å². The van der Waals surface area contributed by atoms with Gasteiger partial charge in [0.15, 0.2) is 5.92 Å². The molecule has 0 saturated carbocycles. The molecule has 0 aliphatic heterocycles. The van der Waals surface area contributed by atoms with E-state index in [2.05, 4.69) is 9.47 Å². The quantitative estimate of drug-likeness (QED) is 0.471. The largest absolute Gasteiger partial charge is 0.468 e. The van der Waals surface area contributed by atoms with Gasteiger partial charge in [-0.05, 0) is 19.1 Å². The molecule has 0 aliphatic carbocycles. The molecule has 20 heavy (non-hydrogen) atoms. The number of hydrogen-bond donors (Lipinski definition) is 0. The van der Waals surface area contributed by atoms with Crippen molar-refractivity contribution >= 4 is 17.9 Å². The lowest BCUT2D eigenvalue weighted by Gasteiger charge is -2.11. The summed E-state index contributed by atoms with van der Waals surface area (Å²) >= 11 is 0. The number of methoxy groups -OCH3 is 2. The maximum Gasteiger partial charge on any atom is 0.341 e. The summed E-state index contributed by atoms with van der Waals surface area (Å²) in [4.78, 5) is 34.3. The van der Waals surface area contributed by atoms with Gasteiger partial charge in [-0.3, -0.25) is 9.59 Å². The molecule has 1 rings (SSSR count). The van der Waals surface area contributed by atoms with Crippen LogP contribution in [0.2, 0.25) is 0 Å². The van der Waals surface area contributed by atoms with Crippen molar-refractivity contribution < 1.29 is 33.0 Å². The Hall–Kier alpha value is -2.44. The Balaban J connectivity index is 3.02. The highest BCUT2D eigenvalue weighted by molar-refractivity contribution is 5.97. The molecule has 0 saturated heterocycles. The highest BCUT2D eigenvalue weighted by Gasteiger charge is 2.26. The predicted octanol–water partition coefficient (Wildman–Crippen LogP) is 1.33. The molecule has 108 valence electrons. The summed E-state index contributed by atoms with van der Waals surface area (Å²) in [6.45, 7) is 1.27. The number of carbonyl (C=O) groups excluding carboxylic acids is 3. The van der Waals surface area contributed by atoms with E-state index in [1.54, 1.807) is 0 Å².